The van der Waals surface area contributed by atoms with Gasteiger partial charge in [-0.05, 0) is 32.0 Å². The molecule has 0 aliphatic rings. The minimum atomic E-state index is -0.404. The molecule has 0 N–H and O–H groups in total. The first-order chi connectivity index (χ1) is 9.56. The average molecular weight is 311 g/mol. The summed E-state index contributed by atoms with van der Waals surface area (Å²) in [4.78, 5) is 0. The van der Waals surface area contributed by atoms with E-state index in [1.807, 2.05) is 19.9 Å². The topological polar surface area (TPSA) is 63.7 Å². The molecule has 2 aromatic rings. The van der Waals surface area contributed by atoms with E-state index in [9.17, 15) is 0 Å². The van der Waals surface area contributed by atoms with Crippen LogP contribution in [-0.2, 0) is 6.54 Å². The van der Waals surface area contributed by atoms with Crippen LogP contribution >= 0.6 is 23.2 Å². The Labute approximate surface area is 126 Å². The first kappa shape index (κ1) is 14.6. The van der Waals surface area contributed by atoms with Gasteiger partial charge in [-0.3, -0.25) is 0 Å². The molecule has 0 aliphatic carbocycles. The number of nitriles is 1. The monoisotopic (exact) mass is 310 g/mol. The van der Waals surface area contributed by atoms with Gasteiger partial charge >= 0.3 is 0 Å². The Balaban J connectivity index is 2.30. The molecular weight excluding hydrogens is 299 g/mol. The van der Waals surface area contributed by atoms with Crippen molar-refractivity contribution in [3.63, 3.8) is 0 Å². The van der Waals surface area contributed by atoms with Gasteiger partial charge in [-0.2, -0.15) is 5.26 Å². The molecule has 7 heteroatoms. The van der Waals surface area contributed by atoms with Crippen LogP contribution in [0.4, 0.5) is 0 Å². The Morgan fingerprint density at radius 3 is 2.80 bits per heavy atom. The largest absolute Gasteiger partial charge is 0.483 e. The maximum absolute atomic E-state index is 9.07. The summed E-state index contributed by atoms with van der Waals surface area (Å²) in [6, 6.07) is 6.99. The lowest BCUT2D eigenvalue weighted by atomic mass is 10.2. The highest BCUT2D eigenvalue weighted by Crippen LogP contribution is 2.31. The van der Waals surface area contributed by atoms with Crippen LogP contribution in [-0.4, -0.2) is 15.0 Å². The number of ether oxygens (including phenoxy) is 1. The Morgan fingerprint density at radius 2 is 2.20 bits per heavy atom. The highest BCUT2D eigenvalue weighted by molar-refractivity contribution is 6.35. The molecular formula is C13H12Cl2N4O. The maximum Gasteiger partial charge on any atom is 0.189 e. The first-order valence-electron chi connectivity index (χ1n) is 6.02. The molecule has 0 fully saturated rings. The van der Waals surface area contributed by atoms with E-state index in [1.54, 1.807) is 22.9 Å². The molecule has 0 bridgehead atoms. The van der Waals surface area contributed by atoms with E-state index in [4.69, 9.17) is 33.2 Å². The quantitative estimate of drug-likeness (QED) is 0.865. The fourth-order valence-corrected chi connectivity index (χ4v) is 2.31. The van der Waals surface area contributed by atoms with Crippen molar-refractivity contribution in [2.75, 3.05) is 0 Å². The highest BCUT2D eigenvalue weighted by Gasteiger charge is 2.20. The number of benzene rings is 1. The van der Waals surface area contributed by atoms with Gasteiger partial charge in [0.25, 0.3) is 0 Å². The number of nitrogens with zero attached hydrogens (tertiary/aromatic N) is 4. The smallest absolute Gasteiger partial charge is 0.189 e. The molecule has 1 atom stereocenters. The highest BCUT2D eigenvalue weighted by atomic mass is 35.5. The third kappa shape index (κ3) is 2.87. The molecule has 104 valence electrons. The summed E-state index contributed by atoms with van der Waals surface area (Å²) in [5.41, 5.74) is 0.880. The fraction of sp³-hybridized carbons (Fsp3) is 0.308. The minimum absolute atomic E-state index is 0.254. The van der Waals surface area contributed by atoms with Gasteiger partial charge in [0.1, 0.15) is 23.6 Å². The zero-order valence-electron chi connectivity index (χ0n) is 11.0. The van der Waals surface area contributed by atoms with Gasteiger partial charge in [0.15, 0.2) is 5.69 Å². The summed E-state index contributed by atoms with van der Waals surface area (Å²) in [5.74, 6) is 0.497. The van der Waals surface area contributed by atoms with Crippen molar-refractivity contribution >= 4 is 23.2 Å². The van der Waals surface area contributed by atoms with Crippen molar-refractivity contribution in [3.8, 4) is 11.8 Å². The van der Waals surface area contributed by atoms with Crippen LogP contribution < -0.4 is 4.74 Å². The lowest BCUT2D eigenvalue weighted by molar-refractivity contribution is 0.214. The van der Waals surface area contributed by atoms with E-state index >= 15 is 0 Å². The van der Waals surface area contributed by atoms with Gasteiger partial charge in [0.2, 0.25) is 0 Å². The van der Waals surface area contributed by atoms with E-state index in [2.05, 4.69) is 10.3 Å². The molecule has 1 aromatic carbocycles. The molecule has 0 radical (unpaired) electrons. The van der Waals surface area contributed by atoms with Crippen LogP contribution in [0.15, 0.2) is 18.2 Å². The van der Waals surface area contributed by atoms with Crippen LogP contribution in [0, 0.1) is 11.3 Å². The third-order valence-corrected chi connectivity index (χ3v) is 3.29. The number of aryl methyl sites for hydroxylation is 1. The summed E-state index contributed by atoms with van der Waals surface area (Å²) in [6.45, 7) is 4.34. The number of aromatic nitrogens is 3. The predicted molar refractivity (Wildman–Crippen MR) is 75.9 cm³/mol. The van der Waals surface area contributed by atoms with Crippen LogP contribution in [0.5, 0.6) is 5.75 Å². The zero-order chi connectivity index (χ0) is 14.7. The van der Waals surface area contributed by atoms with Crippen molar-refractivity contribution in [2.45, 2.75) is 26.5 Å². The molecule has 0 saturated heterocycles. The van der Waals surface area contributed by atoms with Gasteiger partial charge in [0.05, 0.1) is 5.02 Å². The lowest BCUT2D eigenvalue weighted by Crippen LogP contribution is -2.12. The molecule has 0 aliphatic heterocycles. The number of halogens is 2. The summed E-state index contributed by atoms with van der Waals surface area (Å²) >= 11 is 11.9. The summed E-state index contributed by atoms with van der Waals surface area (Å²) in [7, 11) is 0. The second kappa shape index (κ2) is 6.12. The van der Waals surface area contributed by atoms with Gasteiger partial charge < -0.3 is 4.74 Å². The van der Waals surface area contributed by atoms with Crippen molar-refractivity contribution in [3.05, 3.63) is 39.6 Å². The molecule has 1 aromatic heterocycles. The second-order valence-electron chi connectivity index (χ2n) is 4.09. The van der Waals surface area contributed by atoms with Gasteiger partial charge in [-0.25, -0.2) is 4.68 Å². The Hall–Kier alpha value is -1.77. The summed E-state index contributed by atoms with van der Waals surface area (Å²) in [6.07, 6.45) is -0.404. The van der Waals surface area contributed by atoms with E-state index in [-0.39, 0.29) is 5.69 Å². The standard InChI is InChI=1S/C13H12Cl2N4O/c1-3-19-13(11(7-16)17-18-19)8(2)20-12-5-4-9(14)6-10(12)15/h4-6,8H,3H2,1-2H3. The first-order valence-corrected chi connectivity index (χ1v) is 6.77. The summed E-state index contributed by atoms with van der Waals surface area (Å²) in [5, 5.41) is 17.8. The lowest BCUT2D eigenvalue weighted by Gasteiger charge is -2.16. The van der Waals surface area contributed by atoms with E-state index in [1.165, 1.54) is 0 Å². The molecule has 2 rings (SSSR count). The van der Waals surface area contributed by atoms with E-state index < -0.39 is 6.10 Å². The van der Waals surface area contributed by atoms with Gasteiger partial charge in [0, 0.05) is 11.6 Å². The fourth-order valence-electron chi connectivity index (χ4n) is 1.85. The normalized spacial score (nSPS) is 11.9. The molecule has 5 nitrogen and oxygen atoms in total. The predicted octanol–water partition coefficient (Wildman–Crippen LogP) is 3.62. The molecule has 0 amide bonds. The Morgan fingerprint density at radius 1 is 1.45 bits per heavy atom. The van der Waals surface area contributed by atoms with Crippen LogP contribution in [0.3, 0.4) is 0 Å². The van der Waals surface area contributed by atoms with E-state index in [0.717, 1.165) is 0 Å². The van der Waals surface area contributed by atoms with Crippen LogP contribution in [0.1, 0.15) is 31.3 Å². The van der Waals surface area contributed by atoms with Gasteiger partial charge in [-0.1, -0.05) is 28.4 Å². The molecule has 1 unspecified atom stereocenters. The van der Waals surface area contributed by atoms with Crippen molar-refractivity contribution < 1.29 is 4.74 Å². The molecule has 0 spiro atoms. The summed E-state index contributed by atoms with van der Waals surface area (Å²) < 4.78 is 7.42. The number of hydrogen-bond acceptors (Lipinski definition) is 4. The number of rotatable bonds is 4. The third-order valence-electron chi connectivity index (χ3n) is 2.76. The van der Waals surface area contributed by atoms with Gasteiger partial charge in [-0.15, -0.1) is 5.10 Å². The van der Waals surface area contributed by atoms with Crippen molar-refractivity contribution in [1.29, 1.82) is 5.26 Å². The average Bonchev–Trinajstić information content (AvgIpc) is 2.84. The second-order valence-corrected chi connectivity index (χ2v) is 4.93. The van der Waals surface area contributed by atoms with E-state index in [0.29, 0.717) is 28.0 Å². The molecule has 1 heterocycles. The SMILES string of the molecule is CCn1nnc(C#N)c1C(C)Oc1ccc(Cl)cc1Cl. The van der Waals surface area contributed by atoms with Crippen LogP contribution in [0.25, 0.3) is 0 Å². The number of hydrogen-bond donors (Lipinski definition) is 0. The zero-order valence-corrected chi connectivity index (χ0v) is 12.5. The van der Waals surface area contributed by atoms with Crippen LogP contribution in [0.2, 0.25) is 10.0 Å². The Kier molecular flexibility index (Phi) is 4.48. The maximum atomic E-state index is 9.07. The Bertz CT molecular complexity index is 663. The van der Waals surface area contributed by atoms with Crippen molar-refractivity contribution in [2.24, 2.45) is 0 Å². The molecule has 20 heavy (non-hydrogen) atoms. The molecule has 0 saturated carbocycles. The van der Waals surface area contributed by atoms with Crippen molar-refractivity contribution in [1.82, 2.24) is 15.0 Å². The minimum Gasteiger partial charge on any atom is -0.483 e.